The van der Waals surface area contributed by atoms with E-state index < -0.39 is 5.54 Å². The minimum Gasteiger partial charge on any atom is -0.341 e. The molecule has 2 aromatic rings. The molecule has 2 heterocycles. The zero-order valence-corrected chi connectivity index (χ0v) is 14.2. The van der Waals surface area contributed by atoms with E-state index in [1.165, 1.54) is 0 Å². The molecule has 0 aromatic carbocycles. The molecule has 6 heteroatoms. The number of hydrogen-bond donors (Lipinski definition) is 1. The Balaban J connectivity index is 2.25. The van der Waals surface area contributed by atoms with Gasteiger partial charge in [-0.3, -0.25) is 9.78 Å². The lowest BCUT2D eigenvalue weighted by atomic mass is 9.99. The summed E-state index contributed by atoms with van der Waals surface area (Å²) in [6, 6.07) is 7.30. The number of pyridine rings is 2. The first-order valence-electron chi connectivity index (χ1n) is 5.95. The molecule has 0 bridgehead atoms. The molecule has 0 aliphatic carbocycles. The summed E-state index contributed by atoms with van der Waals surface area (Å²) < 4.78 is 1.26. The van der Waals surface area contributed by atoms with Crippen LogP contribution in [-0.2, 0) is 5.54 Å². The molecule has 0 aliphatic heterocycles. The van der Waals surface area contributed by atoms with Crippen molar-refractivity contribution in [1.82, 2.24) is 15.3 Å². The smallest absolute Gasteiger partial charge is 0.253 e. The average Bonchev–Trinajstić information content (AvgIpc) is 2.42. The SMILES string of the molecule is CC(C)(NC(=O)c1cc(Br)ncc1Br)c1ccccn1. The van der Waals surface area contributed by atoms with Gasteiger partial charge in [0.15, 0.2) is 0 Å². The van der Waals surface area contributed by atoms with Gasteiger partial charge >= 0.3 is 0 Å². The second-order valence-corrected chi connectivity index (χ2v) is 6.45. The highest BCUT2D eigenvalue weighted by molar-refractivity contribution is 9.11. The van der Waals surface area contributed by atoms with Crippen LogP contribution in [0.4, 0.5) is 0 Å². The highest BCUT2D eigenvalue weighted by atomic mass is 79.9. The number of carbonyl (C=O) groups excluding carboxylic acids is 1. The third kappa shape index (κ3) is 3.43. The van der Waals surface area contributed by atoms with E-state index in [4.69, 9.17) is 0 Å². The van der Waals surface area contributed by atoms with Crippen LogP contribution in [0.3, 0.4) is 0 Å². The number of rotatable bonds is 3. The van der Waals surface area contributed by atoms with Gasteiger partial charge in [0.25, 0.3) is 5.91 Å². The van der Waals surface area contributed by atoms with Crippen LogP contribution in [0, 0.1) is 0 Å². The topological polar surface area (TPSA) is 54.9 Å². The van der Waals surface area contributed by atoms with Gasteiger partial charge in [-0.25, -0.2) is 4.98 Å². The Kier molecular flexibility index (Phi) is 4.55. The lowest BCUT2D eigenvalue weighted by Gasteiger charge is -2.26. The second-order valence-electron chi connectivity index (χ2n) is 4.78. The Labute approximate surface area is 134 Å². The molecule has 0 radical (unpaired) electrons. The zero-order valence-electron chi connectivity index (χ0n) is 11.0. The molecular formula is C14H13Br2N3O. The van der Waals surface area contributed by atoms with Crippen LogP contribution in [0.15, 0.2) is 45.7 Å². The van der Waals surface area contributed by atoms with Crippen molar-refractivity contribution >= 4 is 37.8 Å². The maximum absolute atomic E-state index is 12.4. The number of carbonyl (C=O) groups is 1. The summed E-state index contributed by atoms with van der Waals surface area (Å²) in [7, 11) is 0. The minimum atomic E-state index is -0.562. The second kappa shape index (κ2) is 6.01. The highest BCUT2D eigenvalue weighted by Crippen LogP contribution is 2.22. The van der Waals surface area contributed by atoms with E-state index in [-0.39, 0.29) is 5.91 Å². The number of nitrogens with zero attached hydrogens (tertiary/aromatic N) is 2. The fourth-order valence-electron chi connectivity index (χ4n) is 1.73. The molecule has 4 nitrogen and oxygen atoms in total. The number of amides is 1. The fourth-order valence-corrected chi connectivity index (χ4v) is 2.46. The lowest BCUT2D eigenvalue weighted by molar-refractivity contribution is 0.0909. The maximum atomic E-state index is 12.4. The maximum Gasteiger partial charge on any atom is 0.253 e. The van der Waals surface area contributed by atoms with Crippen molar-refractivity contribution < 1.29 is 4.79 Å². The molecule has 0 atom stereocenters. The molecule has 2 aromatic heterocycles. The third-order valence-electron chi connectivity index (χ3n) is 2.80. The molecule has 0 aliphatic rings. The van der Waals surface area contributed by atoms with Crippen molar-refractivity contribution in [2.75, 3.05) is 0 Å². The van der Waals surface area contributed by atoms with Crippen LogP contribution in [-0.4, -0.2) is 15.9 Å². The van der Waals surface area contributed by atoms with Crippen LogP contribution in [0.1, 0.15) is 29.9 Å². The van der Waals surface area contributed by atoms with E-state index in [9.17, 15) is 4.79 Å². The Hall–Kier alpha value is -1.27. The van der Waals surface area contributed by atoms with Crippen molar-refractivity contribution in [3.63, 3.8) is 0 Å². The molecule has 0 unspecified atom stereocenters. The number of aromatic nitrogens is 2. The van der Waals surface area contributed by atoms with Gasteiger partial charge in [0.1, 0.15) is 4.60 Å². The van der Waals surface area contributed by atoms with Gasteiger partial charge in [0.05, 0.1) is 16.8 Å². The average molecular weight is 399 g/mol. The fraction of sp³-hybridized carbons (Fsp3) is 0.214. The highest BCUT2D eigenvalue weighted by Gasteiger charge is 2.25. The Morgan fingerprint density at radius 3 is 2.65 bits per heavy atom. The Morgan fingerprint density at radius 1 is 1.25 bits per heavy atom. The molecule has 0 spiro atoms. The van der Waals surface area contributed by atoms with Crippen molar-refractivity contribution in [3.8, 4) is 0 Å². The monoisotopic (exact) mass is 397 g/mol. The predicted octanol–water partition coefficient (Wildman–Crippen LogP) is 3.67. The first-order valence-corrected chi connectivity index (χ1v) is 7.54. The molecule has 104 valence electrons. The minimum absolute atomic E-state index is 0.185. The third-order valence-corrected chi connectivity index (χ3v) is 3.86. The molecule has 2 rings (SSSR count). The van der Waals surface area contributed by atoms with Crippen LogP contribution in [0.25, 0.3) is 0 Å². The molecule has 1 N–H and O–H groups in total. The number of hydrogen-bond acceptors (Lipinski definition) is 3. The van der Waals surface area contributed by atoms with E-state index in [0.29, 0.717) is 14.6 Å². The summed E-state index contributed by atoms with van der Waals surface area (Å²) in [6.07, 6.45) is 3.30. The van der Waals surface area contributed by atoms with Crippen molar-refractivity contribution in [2.24, 2.45) is 0 Å². The summed E-state index contributed by atoms with van der Waals surface area (Å²) in [5.74, 6) is -0.185. The van der Waals surface area contributed by atoms with E-state index in [1.807, 2.05) is 32.0 Å². The van der Waals surface area contributed by atoms with E-state index >= 15 is 0 Å². The molecular weight excluding hydrogens is 386 g/mol. The van der Waals surface area contributed by atoms with Crippen LogP contribution < -0.4 is 5.32 Å². The normalized spacial score (nSPS) is 11.2. The van der Waals surface area contributed by atoms with E-state index in [0.717, 1.165) is 5.69 Å². The lowest BCUT2D eigenvalue weighted by Crippen LogP contribution is -2.41. The Morgan fingerprint density at radius 2 is 2.00 bits per heavy atom. The van der Waals surface area contributed by atoms with Crippen molar-refractivity contribution in [3.05, 3.63) is 57.0 Å². The summed E-state index contributed by atoms with van der Waals surface area (Å²) in [4.78, 5) is 20.7. The van der Waals surface area contributed by atoms with Gasteiger partial charge in [0.2, 0.25) is 0 Å². The van der Waals surface area contributed by atoms with E-state index in [2.05, 4.69) is 47.1 Å². The largest absolute Gasteiger partial charge is 0.341 e. The molecule has 0 saturated heterocycles. The Bertz CT molecular complexity index is 630. The first-order chi connectivity index (χ1) is 9.40. The van der Waals surface area contributed by atoms with Crippen LogP contribution in [0.5, 0.6) is 0 Å². The summed E-state index contributed by atoms with van der Waals surface area (Å²) in [5.41, 5.74) is 0.765. The van der Waals surface area contributed by atoms with Crippen molar-refractivity contribution in [1.29, 1.82) is 0 Å². The molecule has 20 heavy (non-hydrogen) atoms. The molecule has 1 amide bonds. The van der Waals surface area contributed by atoms with Gasteiger partial charge in [-0.1, -0.05) is 6.07 Å². The van der Waals surface area contributed by atoms with Gasteiger partial charge in [-0.2, -0.15) is 0 Å². The summed E-state index contributed by atoms with van der Waals surface area (Å²) in [5, 5.41) is 2.98. The van der Waals surface area contributed by atoms with Gasteiger partial charge in [0, 0.05) is 16.9 Å². The number of nitrogens with one attached hydrogen (secondary N) is 1. The first kappa shape index (κ1) is 15.1. The standard InChI is InChI=1S/C14H13Br2N3O/c1-14(2,11-5-3-4-6-17-11)19-13(20)9-7-12(16)18-8-10(9)15/h3-8H,1-2H3,(H,19,20). The predicted molar refractivity (Wildman–Crippen MR) is 84.4 cm³/mol. The van der Waals surface area contributed by atoms with E-state index in [1.54, 1.807) is 18.5 Å². The molecule has 0 fully saturated rings. The summed E-state index contributed by atoms with van der Waals surface area (Å²) >= 11 is 6.60. The van der Waals surface area contributed by atoms with Crippen molar-refractivity contribution in [2.45, 2.75) is 19.4 Å². The zero-order chi connectivity index (χ0) is 14.8. The van der Waals surface area contributed by atoms with Gasteiger partial charge in [-0.15, -0.1) is 0 Å². The quantitative estimate of drug-likeness (QED) is 0.802. The van der Waals surface area contributed by atoms with Crippen LogP contribution in [0.2, 0.25) is 0 Å². The van der Waals surface area contributed by atoms with Gasteiger partial charge in [-0.05, 0) is 63.9 Å². The van der Waals surface area contributed by atoms with Gasteiger partial charge < -0.3 is 5.32 Å². The number of halogens is 2. The molecule has 0 saturated carbocycles. The van der Waals surface area contributed by atoms with Crippen LogP contribution >= 0.6 is 31.9 Å². The summed E-state index contributed by atoms with van der Waals surface area (Å²) in [6.45, 7) is 3.83.